The summed E-state index contributed by atoms with van der Waals surface area (Å²) in [7, 11) is 0. The number of carbonyl (C=O) groups excluding carboxylic acids is 2. The van der Waals surface area contributed by atoms with Crippen LogP contribution in [-0.4, -0.2) is 34.3 Å². The summed E-state index contributed by atoms with van der Waals surface area (Å²) in [5.41, 5.74) is 1.30. The smallest absolute Gasteiger partial charge is 0.287 e. The summed E-state index contributed by atoms with van der Waals surface area (Å²) in [5, 5.41) is 5.52. The van der Waals surface area contributed by atoms with E-state index >= 15 is 0 Å². The molecule has 0 aliphatic carbocycles. The van der Waals surface area contributed by atoms with Crippen LogP contribution in [0.2, 0.25) is 0 Å². The van der Waals surface area contributed by atoms with E-state index in [-0.39, 0.29) is 29.8 Å². The van der Waals surface area contributed by atoms with Crippen LogP contribution in [0.5, 0.6) is 0 Å². The molecule has 3 rings (SSSR count). The van der Waals surface area contributed by atoms with Gasteiger partial charge in [-0.25, -0.2) is 9.37 Å². The van der Waals surface area contributed by atoms with Crippen molar-refractivity contribution in [2.75, 3.05) is 13.1 Å². The fourth-order valence-corrected chi connectivity index (χ4v) is 2.78. The number of nitrogens with one attached hydrogen (secondary N) is 2. The van der Waals surface area contributed by atoms with E-state index in [4.69, 9.17) is 0 Å². The minimum atomic E-state index is -0.415. The van der Waals surface area contributed by atoms with Crippen molar-refractivity contribution in [3.05, 3.63) is 71.6 Å². The summed E-state index contributed by atoms with van der Waals surface area (Å²) >= 11 is 0. The third kappa shape index (κ3) is 4.13. The molecule has 0 unspecified atom stereocenters. The number of hydrogen-bond acceptors (Lipinski definition) is 3. The average Bonchev–Trinajstić information content (AvgIpc) is 3.07. The zero-order valence-corrected chi connectivity index (χ0v) is 15.0. The molecule has 0 aliphatic heterocycles. The van der Waals surface area contributed by atoms with E-state index in [9.17, 15) is 14.0 Å². The molecule has 0 bridgehead atoms. The van der Waals surface area contributed by atoms with Crippen molar-refractivity contribution < 1.29 is 14.0 Å². The number of rotatable bonds is 7. The summed E-state index contributed by atoms with van der Waals surface area (Å²) in [6, 6.07) is 11.7. The minimum Gasteiger partial charge on any atom is -0.351 e. The molecule has 3 aromatic rings. The first kappa shape index (κ1) is 18.6. The number of amides is 2. The molecule has 140 valence electrons. The molecule has 2 N–H and O–H groups in total. The Hall–Kier alpha value is -3.22. The van der Waals surface area contributed by atoms with E-state index in [0.29, 0.717) is 24.0 Å². The lowest BCUT2D eigenvalue weighted by Crippen LogP contribution is -2.28. The van der Waals surface area contributed by atoms with Gasteiger partial charge in [0.25, 0.3) is 11.8 Å². The van der Waals surface area contributed by atoms with Gasteiger partial charge in [0.2, 0.25) is 5.82 Å². The number of carbonyl (C=O) groups is 2. The lowest BCUT2D eigenvalue weighted by Gasteiger charge is -2.05. The van der Waals surface area contributed by atoms with Crippen LogP contribution in [0.3, 0.4) is 0 Å². The molecule has 0 saturated heterocycles. The number of pyridine rings is 1. The minimum absolute atomic E-state index is 0.126. The summed E-state index contributed by atoms with van der Waals surface area (Å²) in [6.45, 7) is 2.76. The number of halogens is 1. The van der Waals surface area contributed by atoms with Crippen molar-refractivity contribution in [2.24, 2.45) is 0 Å². The average molecular weight is 368 g/mol. The fraction of sp³-hybridized carbons (Fsp3) is 0.250. The van der Waals surface area contributed by atoms with E-state index < -0.39 is 5.91 Å². The molecule has 27 heavy (non-hydrogen) atoms. The van der Waals surface area contributed by atoms with Crippen molar-refractivity contribution in [1.29, 1.82) is 0 Å². The van der Waals surface area contributed by atoms with Gasteiger partial charge < -0.3 is 10.6 Å². The van der Waals surface area contributed by atoms with Gasteiger partial charge in [0, 0.05) is 19.3 Å². The van der Waals surface area contributed by atoms with Crippen LogP contribution < -0.4 is 10.6 Å². The van der Waals surface area contributed by atoms with Gasteiger partial charge in [-0.05, 0) is 36.6 Å². The zero-order chi connectivity index (χ0) is 19.2. The lowest BCUT2D eigenvalue weighted by atomic mass is 10.1. The highest BCUT2D eigenvalue weighted by molar-refractivity contribution is 6.02. The monoisotopic (exact) mass is 368 g/mol. The summed E-state index contributed by atoms with van der Waals surface area (Å²) < 4.78 is 15.2. The van der Waals surface area contributed by atoms with Crippen LogP contribution in [0, 0.1) is 5.82 Å². The fourth-order valence-electron chi connectivity index (χ4n) is 2.78. The first-order valence-corrected chi connectivity index (χ1v) is 8.88. The molecule has 0 spiro atoms. The van der Waals surface area contributed by atoms with Gasteiger partial charge >= 0.3 is 0 Å². The van der Waals surface area contributed by atoms with Crippen LogP contribution in [0.1, 0.15) is 40.0 Å². The molecule has 0 aliphatic rings. The first-order chi connectivity index (χ1) is 13.1. The molecule has 2 aromatic heterocycles. The molecule has 0 radical (unpaired) electrons. The molecular formula is C20H21FN4O2. The second-order valence-corrected chi connectivity index (χ2v) is 6.09. The predicted molar refractivity (Wildman–Crippen MR) is 100 cm³/mol. The number of imidazole rings is 1. The number of fused-ring (bicyclic) bond motifs is 1. The van der Waals surface area contributed by atoms with Crippen molar-refractivity contribution in [3.8, 4) is 0 Å². The van der Waals surface area contributed by atoms with Crippen LogP contribution in [0.25, 0.3) is 5.52 Å². The highest BCUT2D eigenvalue weighted by Gasteiger charge is 2.21. The third-order valence-electron chi connectivity index (χ3n) is 4.14. The molecule has 0 fully saturated rings. The van der Waals surface area contributed by atoms with Crippen LogP contribution in [0.15, 0.2) is 48.7 Å². The highest BCUT2D eigenvalue weighted by atomic mass is 19.1. The van der Waals surface area contributed by atoms with E-state index in [1.54, 1.807) is 47.0 Å². The van der Waals surface area contributed by atoms with Gasteiger partial charge in [0.15, 0.2) is 5.69 Å². The molecule has 1 aromatic carbocycles. The van der Waals surface area contributed by atoms with Gasteiger partial charge in [-0.2, -0.15) is 0 Å². The molecule has 2 amide bonds. The van der Waals surface area contributed by atoms with Crippen molar-refractivity contribution in [1.82, 2.24) is 20.0 Å². The molecule has 6 nitrogen and oxygen atoms in total. The maximum atomic E-state index is 13.7. The number of aromatic nitrogens is 2. The van der Waals surface area contributed by atoms with Crippen LogP contribution in [-0.2, 0) is 6.42 Å². The van der Waals surface area contributed by atoms with E-state index in [1.165, 1.54) is 6.07 Å². The molecule has 0 saturated carbocycles. The lowest BCUT2D eigenvalue weighted by molar-refractivity contribution is 0.0943. The number of benzene rings is 1. The summed E-state index contributed by atoms with van der Waals surface area (Å²) in [6.07, 6.45) is 2.86. The van der Waals surface area contributed by atoms with Gasteiger partial charge in [-0.3, -0.25) is 14.0 Å². The topological polar surface area (TPSA) is 75.5 Å². The van der Waals surface area contributed by atoms with E-state index in [2.05, 4.69) is 15.6 Å². The van der Waals surface area contributed by atoms with Gasteiger partial charge in [-0.1, -0.05) is 31.2 Å². The molecular weight excluding hydrogens is 347 g/mol. The molecule has 0 atom stereocenters. The maximum absolute atomic E-state index is 13.7. The second kappa shape index (κ2) is 8.44. The zero-order valence-electron chi connectivity index (χ0n) is 15.0. The van der Waals surface area contributed by atoms with Gasteiger partial charge in [0.05, 0.1) is 5.52 Å². The van der Waals surface area contributed by atoms with Crippen molar-refractivity contribution in [2.45, 2.75) is 19.8 Å². The third-order valence-corrected chi connectivity index (χ3v) is 4.14. The Morgan fingerprint density at radius 1 is 1.04 bits per heavy atom. The van der Waals surface area contributed by atoms with Crippen molar-refractivity contribution in [3.63, 3.8) is 0 Å². The Morgan fingerprint density at radius 3 is 2.56 bits per heavy atom. The Kier molecular flexibility index (Phi) is 5.80. The Labute approximate surface area is 156 Å². The van der Waals surface area contributed by atoms with Crippen LogP contribution in [0.4, 0.5) is 4.39 Å². The van der Waals surface area contributed by atoms with Crippen LogP contribution >= 0.6 is 0 Å². The second-order valence-electron chi connectivity index (χ2n) is 6.09. The largest absolute Gasteiger partial charge is 0.351 e. The normalized spacial score (nSPS) is 10.7. The summed E-state index contributed by atoms with van der Waals surface area (Å²) in [4.78, 5) is 29.1. The van der Waals surface area contributed by atoms with Gasteiger partial charge in [0.1, 0.15) is 5.82 Å². The standard InChI is InChI=1S/C20H21FN4O2/c1-2-11-22-19(26)17-16-9-5-6-13-25(16)18(24-17)20(27)23-12-10-14-7-3-4-8-15(14)21/h3-9,13H,2,10-12H2,1H3,(H,22,26)(H,23,27). The maximum Gasteiger partial charge on any atom is 0.287 e. The SMILES string of the molecule is CCCNC(=O)c1nc(C(=O)NCCc2ccccc2F)n2ccccc12. The van der Waals surface area contributed by atoms with E-state index in [0.717, 1.165) is 6.42 Å². The molecule has 2 heterocycles. The van der Waals surface area contributed by atoms with Gasteiger partial charge in [-0.15, -0.1) is 0 Å². The van der Waals surface area contributed by atoms with E-state index in [1.807, 2.05) is 6.92 Å². The predicted octanol–water partition coefficient (Wildman–Crippen LogP) is 2.59. The first-order valence-electron chi connectivity index (χ1n) is 8.88. The Morgan fingerprint density at radius 2 is 1.78 bits per heavy atom. The molecule has 7 heteroatoms. The summed E-state index contributed by atoms with van der Waals surface area (Å²) in [5.74, 6) is -0.901. The van der Waals surface area contributed by atoms with Crippen molar-refractivity contribution >= 4 is 17.3 Å². The number of hydrogen-bond donors (Lipinski definition) is 2. The number of nitrogens with zero attached hydrogens (tertiary/aromatic N) is 2. The highest BCUT2D eigenvalue weighted by Crippen LogP contribution is 2.13. The Bertz CT molecular complexity index is 968. The quantitative estimate of drug-likeness (QED) is 0.673. The Balaban J connectivity index is 1.76.